The fraction of sp³-hybridized carbons (Fsp3) is 0.909. The van der Waals surface area contributed by atoms with Crippen molar-refractivity contribution in [3.63, 3.8) is 0 Å². The Morgan fingerprint density at radius 3 is 2.38 bits per heavy atom. The van der Waals surface area contributed by atoms with Gasteiger partial charge in [-0.3, -0.25) is 4.79 Å². The lowest BCUT2D eigenvalue weighted by Gasteiger charge is -2.21. The Morgan fingerprint density at radius 2 is 1.92 bits per heavy atom. The molecule has 1 aliphatic rings. The standard InChI is InChI=1S/C11H21NO/c1-9(2)5-6-10(13)11(12)7-3-4-8-11/h9H,3-8,12H2,1-2H3. The van der Waals surface area contributed by atoms with Crippen LogP contribution in [-0.4, -0.2) is 11.3 Å². The minimum atomic E-state index is -0.450. The molecule has 0 unspecified atom stereocenters. The van der Waals surface area contributed by atoms with Crippen LogP contribution in [0.5, 0.6) is 0 Å². The van der Waals surface area contributed by atoms with E-state index in [0.29, 0.717) is 18.1 Å². The molecule has 2 N–H and O–H groups in total. The molecule has 2 nitrogen and oxygen atoms in total. The van der Waals surface area contributed by atoms with Gasteiger partial charge in [-0.25, -0.2) is 0 Å². The van der Waals surface area contributed by atoms with Crippen LogP contribution in [-0.2, 0) is 4.79 Å². The summed E-state index contributed by atoms with van der Waals surface area (Å²) in [6.45, 7) is 4.29. The van der Waals surface area contributed by atoms with Gasteiger partial charge >= 0.3 is 0 Å². The molecule has 0 amide bonds. The minimum Gasteiger partial charge on any atom is -0.319 e. The summed E-state index contributed by atoms with van der Waals surface area (Å²) < 4.78 is 0. The molecule has 1 fully saturated rings. The van der Waals surface area contributed by atoms with Crippen LogP contribution in [0.25, 0.3) is 0 Å². The maximum atomic E-state index is 11.7. The first-order valence-corrected chi connectivity index (χ1v) is 5.37. The second-order valence-electron chi connectivity index (χ2n) is 4.72. The number of nitrogens with two attached hydrogens (primary N) is 1. The van der Waals surface area contributed by atoms with Crippen LogP contribution in [0.2, 0.25) is 0 Å². The molecule has 0 aromatic carbocycles. The molecule has 0 saturated heterocycles. The fourth-order valence-corrected chi connectivity index (χ4v) is 1.95. The molecule has 0 aromatic rings. The average molecular weight is 183 g/mol. The predicted molar refractivity (Wildman–Crippen MR) is 54.5 cm³/mol. The maximum Gasteiger partial charge on any atom is 0.152 e. The normalized spacial score (nSPS) is 20.9. The van der Waals surface area contributed by atoms with E-state index >= 15 is 0 Å². The molecule has 0 bridgehead atoms. The summed E-state index contributed by atoms with van der Waals surface area (Å²) in [4.78, 5) is 11.7. The van der Waals surface area contributed by atoms with E-state index in [2.05, 4.69) is 13.8 Å². The number of rotatable bonds is 4. The van der Waals surface area contributed by atoms with Gasteiger partial charge in [-0.1, -0.05) is 26.7 Å². The van der Waals surface area contributed by atoms with Crippen molar-refractivity contribution in [1.82, 2.24) is 0 Å². The van der Waals surface area contributed by atoms with E-state index in [0.717, 1.165) is 32.1 Å². The molecule has 0 radical (unpaired) electrons. The molecule has 1 aliphatic carbocycles. The van der Waals surface area contributed by atoms with Gasteiger partial charge in [0.15, 0.2) is 5.78 Å². The van der Waals surface area contributed by atoms with Crippen LogP contribution in [0, 0.1) is 5.92 Å². The summed E-state index contributed by atoms with van der Waals surface area (Å²) in [6.07, 6.45) is 5.73. The summed E-state index contributed by atoms with van der Waals surface area (Å²) in [6, 6.07) is 0. The van der Waals surface area contributed by atoms with Crippen LogP contribution >= 0.6 is 0 Å². The highest BCUT2D eigenvalue weighted by atomic mass is 16.1. The Morgan fingerprint density at radius 1 is 1.38 bits per heavy atom. The molecule has 13 heavy (non-hydrogen) atoms. The van der Waals surface area contributed by atoms with Crippen molar-refractivity contribution in [2.75, 3.05) is 0 Å². The molecule has 0 atom stereocenters. The zero-order valence-corrected chi connectivity index (χ0v) is 8.81. The van der Waals surface area contributed by atoms with E-state index in [1.54, 1.807) is 0 Å². The number of hydrogen-bond donors (Lipinski definition) is 1. The van der Waals surface area contributed by atoms with Gasteiger partial charge in [-0.15, -0.1) is 0 Å². The lowest BCUT2D eigenvalue weighted by Crippen LogP contribution is -2.45. The first-order chi connectivity index (χ1) is 6.04. The van der Waals surface area contributed by atoms with Crippen LogP contribution in [0.4, 0.5) is 0 Å². The first kappa shape index (κ1) is 10.7. The topological polar surface area (TPSA) is 43.1 Å². The number of carbonyl (C=O) groups excluding carboxylic acids is 1. The fourth-order valence-electron chi connectivity index (χ4n) is 1.95. The van der Waals surface area contributed by atoms with Crippen molar-refractivity contribution in [2.45, 2.75) is 57.9 Å². The zero-order chi connectivity index (χ0) is 9.90. The van der Waals surface area contributed by atoms with Gasteiger partial charge in [0, 0.05) is 6.42 Å². The second-order valence-corrected chi connectivity index (χ2v) is 4.72. The zero-order valence-electron chi connectivity index (χ0n) is 8.81. The third kappa shape index (κ3) is 2.80. The SMILES string of the molecule is CC(C)CCC(=O)C1(N)CCCC1. The van der Waals surface area contributed by atoms with Gasteiger partial charge in [0.2, 0.25) is 0 Å². The van der Waals surface area contributed by atoms with E-state index in [1.165, 1.54) is 0 Å². The Hall–Kier alpha value is -0.370. The summed E-state index contributed by atoms with van der Waals surface area (Å²) in [5, 5.41) is 0. The molecule has 0 aliphatic heterocycles. The van der Waals surface area contributed by atoms with E-state index in [4.69, 9.17) is 5.73 Å². The Labute approximate surface area is 80.9 Å². The third-order valence-electron chi connectivity index (χ3n) is 3.00. The molecule has 1 saturated carbocycles. The quantitative estimate of drug-likeness (QED) is 0.726. The van der Waals surface area contributed by atoms with Gasteiger partial charge in [0.05, 0.1) is 5.54 Å². The highest BCUT2D eigenvalue weighted by Crippen LogP contribution is 2.29. The van der Waals surface area contributed by atoms with Crippen molar-refractivity contribution in [1.29, 1.82) is 0 Å². The second kappa shape index (κ2) is 4.23. The Bertz CT molecular complexity index is 181. The van der Waals surface area contributed by atoms with Crippen molar-refractivity contribution in [3.8, 4) is 0 Å². The highest BCUT2D eigenvalue weighted by Gasteiger charge is 2.35. The van der Waals surface area contributed by atoms with Gasteiger partial charge in [0.1, 0.15) is 0 Å². The van der Waals surface area contributed by atoms with Gasteiger partial charge in [0.25, 0.3) is 0 Å². The van der Waals surface area contributed by atoms with Crippen LogP contribution < -0.4 is 5.73 Å². The highest BCUT2D eigenvalue weighted by molar-refractivity contribution is 5.88. The summed E-state index contributed by atoms with van der Waals surface area (Å²) in [5.41, 5.74) is 5.59. The van der Waals surface area contributed by atoms with Crippen molar-refractivity contribution in [2.24, 2.45) is 11.7 Å². The van der Waals surface area contributed by atoms with Crippen LogP contribution in [0.1, 0.15) is 52.4 Å². The van der Waals surface area contributed by atoms with Gasteiger partial charge < -0.3 is 5.73 Å². The average Bonchev–Trinajstić information content (AvgIpc) is 2.49. The van der Waals surface area contributed by atoms with Crippen molar-refractivity contribution in [3.05, 3.63) is 0 Å². The number of Topliss-reactive ketones (excluding diaryl/α,β-unsaturated/α-hetero) is 1. The summed E-state index contributed by atoms with van der Waals surface area (Å²) >= 11 is 0. The molecule has 1 rings (SSSR count). The predicted octanol–water partition coefficient (Wildman–Crippen LogP) is 2.26. The molecular weight excluding hydrogens is 162 g/mol. The lowest BCUT2D eigenvalue weighted by atomic mass is 9.89. The van der Waals surface area contributed by atoms with Gasteiger partial charge in [-0.05, 0) is 25.2 Å². The molecular formula is C11H21NO. The largest absolute Gasteiger partial charge is 0.319 e. The Balaban J connectivity index is 2.38. The van der Waals surface area contributed by atoms with E-state index in [-0.39, 0.29) is 0 Å². The van der Waals surface area contributed by atoms with Crippen molar-refractivity contribution < 1.29 is 4.79 Å². The monoisotopic (exact) mass is 183 g/mol. The lowest BCUT2D eigenvalue weighted by molar-refractivity contribution is -0.124. The first-order valence-electron chi connectivity index (χ1n) is 5.37. The maximum absolute atomic E-state index is 11.7. The minimum absolute atomic E-state index is 0.290. The third-order valence-corrected chi connectivity index (χ3v) is 3.00. The Kier molecular flexibility index (Phi) is 3.48. The van der Waals surface area contributed by atoms with E-state index in [1.807, 2.05) is 0 Å². The van der Waals surface area contributed by atoms with Crippen LogP contribution in [0.3, 0.4) is 0 Å². The molecule has 76 valence electrons. The molecule has 0 heterocycles. The smallest absolute Gasteiger partial charge is 0.152 e. The number of hydrogen-bond acceptors (Lipinski definition) is 2. The molecule has 2 heteroatoms. The molecule has 0 aromatic heterocycles. The van der Waals surface area contributed by atoms with Gasteiger partial charge in [-0.2, -0.15) is 0 Å². The number of ketones is 1. The van der Waals surface area contributed by atoms with E-state index < -0.39 is 5.54 Å². The summed E-state index contributed by atoms with van der Waals surface area (Å²) in [5.74, 6) is 0.896. The van der Waals surface area contributed by atoms with Crippen LogP contribution in [0.15, 0.2) is 0 Å². The summed E-state index contributed by atoms with van der Waals surface area (Å²) in [7, 11) is 0. The van der Waals surface area contributed by atoms with E-state index in [9.17, 15) is 4.79 Å². The molecule has 0 spiro atoms. The van der Waals surface area contributed by atoms with Crippen molar-refractivity contribution >= 4 is 5.78 Å². The number of carbonyl (C=O) groups is 1.